The van der Waals surface area contributed by atoms with Crippen LogP contribution in [0.2, 0.25) is 0 Å². The summed E-state index contributed by atoms with van der Waals surface area (Å²) in [5.74, 6) is -0.627. The Morgan fingerprint density at radius 1 is 0.892 bits per heavy atom. The molecule has 0 aliphatic carbocycles. The van der Waals surface area contributed by atoms with Gasteiger partial charge in [-0.15, -0.1) is 0 Å². The molecular weight excluding hydrogens is 466 g/mol. The zero-order valence-corrected chi connectivity index (χ0v) is 20.9. The molecule has 2 amide bonds. The van der Waals surface area contributed by atoms with E-state index < -0.39 is 0 Å². The standard InChI is InChI=1S/C29H29N5O3/c1-19(35)31-23-5-3-4-20(16-23)28(36)21-6-11-27-25(17-21)26(29(37)32-27)18-30-22-7-9-24(10-8-22)34-14-12-33(2)13-15-34/h3-11,16-18,30H,12-15H2,1-2H3,(H,31,35)(H,32,37)/b26-18+. The van der Waals surface area contributed by atoms with Crippen LogP contribution in [0.25, 0.3) is 5.57 Å². The number of likely N-dealkylation sites (N-methyl/N-ethyl adjacent to an activating group) is 1. The molecule has 8 nitrogen and oxygen atoms in total. The number of carbonyl (C=O) groups is 3. The third-order valence-electron chi connectivity index (χ3n) is 6.63. The van der Waals surface area contributed by atoms with Crippen LogP contribution in [0, 0.1) is 0 Å². The van der Waals surface area contributed by atoms with Crippen LogP contribution in [-0.2, 0) is 9.59 Å². The maximum Gasteiger partial charge on any atom is 0.257 e. The minimum Gasteiger partial charge on any atom is -0.369 e. The molecule has 3 aromatic rings. The molecule has 3 aromatic carbocycles. The smallest absolute Gasteiger partial charge is 0.257 e. The van der Waals surface area contributed by atoms with Crippen molar-refractivity contribution in [2.24, 2.45) is 0 Å². The molecule has 3 N–H and O–H groups in total. The first kappa shape index (κ1) is 24.3. The average Bonchev–Trinajstić information content (AvgIpc) is 3.21. The third-order valence-corrected chi connectivity index (χ3v) is 6.63. The fourth-order valence-electron chi connectivity index (χ4n) is 4.57. The second kappa shape index (κ2) is 10.3. The first-order valence-electron chi connectivity index (χ1n) is 12.3. The lowest BCUT2D eigenvalue weighted by atomic mass is 9.98. The highest BCUT2D eigenvalue weighted by atomic mass is 16.2. The molecule has 1 saturated heterocycles. The van der Waals surface area contributed by atoms with E-state index in [4.69, 9.17) is 0 Å². The zero-order valence-electron chi connectivity index (χ0n) is 20.9. The van der Waals surface area contributed by atoms with Crippen molar-refractivity contribution in [2.75, 3.05) is 54.1 Å². The van der Waals surface area contributed by atoms with E-state index in [-0.39, 0.29) is 17.6 Å². The number of hydrogen-bond acceptors (Lipinski definition) is 6. The number of nitrogens with one attached hydrogen (secondary N) is 3. The summed E-state index contributed by atoms with van der Waals surface area (Å²) in [5, 5.41) is 8.78. The van der Waals surface area contributed by atoms with E-state index in [1.165, 1.54) is 12.6 Å². The van der Waals surface area contributed by atoms with Crippen molar-refractivity contribution in [3.63, 3.8) is 0 Å². The van der Waals surface area contributed by atoms with Crippen LogP contribution in [0.3, 0.4) is 0 Å². The molecule has 0 bridgehead atoms. The van der Waals surface area contributed by atoms with E-state index in [1.807, 2.05) is 12.1 Å². The van der Waals surface area contributed by atoms with Gasteiger partial charge in [0.15, 0.2) is 5.78 Å². The molecule has 1 fully saturated rings. The first-order valence-corrected chi connectivity index (χ1v) is 12.3. The zero-order chi connectivity index (χ0) is 25.9. The van der Waals surface area contributed by atoms with Gasteiger partial charge in [0.2, 0.25) is 5.91 Å². The summed E-state index contributed by atoms with van der Waals surface area (Å²) in [5.41, 5.74) is 5.29. The Hall–Kier alpha value is -4.43. The molecule has 2 aliphatic heterocycles. The lowest BCUT2D eigenvalue weighted by Crippen LogP contribution is -2.44. The van der Waals surface area contributed by atoms with Gasteiger partial charge in [-0.05, 0) is 61.6 Å². The Morgan fingerprint density at radius 3 is 2.35 bits per heavy atom. The van der Waals surface area contributed by atoms with Gasteiger partial charge in [-0.1, -0.05) is 12.1 Å². The van der Waals surface area contributed by atoms with Crippen LogP contribution in [0.1, 0.15) is 28.4 Å². The molecule has 0 atom stereocenters. The minimum absolute atomic E-state index is 0.193. The summed E-state index contributed by atoms with van der Waals surface area (Å²) in [6.45, 7) is 5.52. The van der Waals surface area contributed by atoms with E-state index in [1.54, 1.807) is 48.7 Å². The first-order chi connectivity index (χ1) is 17.9. The van der Waals surface area contributed by atoms with Crippen molar-refractivity contribution in [2.45, 2.75) is 6.92 Å². The lowest BCUT2D eigenvalue weighted by Gasteiger charge is -2.34. The summed E-state index contributed by atoms with van der Waals surface area (Å²) in [6, 6.07) is 20.1. The molecule has 5 rings (SSSR count). The summed E-state index contributed by atoms with van der Waals surface area (Å²) >= 11 is 0. The van der Waals surface area contributed by atoms with Gasteiger partial charge in [0.25, 0.3) is 5.91 Å². The van der Waals surface area contributed by atoms with Gasteiger partial charge in [-0.3, -0.25) is 14.4 Å². The predicted molar refractivity (Wildman–Crippen MR) is 147 cm³/mol. The number of piperazine rings is 1. The topological polar surface area (TPSA) is 93.8 Å². The van der Waals surface area contributed by atoms with E-state index in [9.17, 15) is 14.4 Å². The van der Waals surface area contributed by atoms with Gasteiger partial charge >= 0.3 is 0 Å². The van der Waals surface area contributed by atoms with Crippen molar-refractivity contribution >= 4 is 45.9 Å². The lowest BCUT2D eigenvalue weighted by molar-refractivity contribution is -0.114. The largest absolute Gasteiger partial charge is 0.369 e. The average molecular weight is 496 g/mol. The molecule has 37 heavy (non-hydrogen) atoms. The Bertz CT molecular complexity index is 1390. The van der Waals surface area contributed by atoms with Crippen molar-refractivity contribution in [3.8, 4) is 0 Å². The molecule has 8 heteroatoms. The highest BCUT2D eigenvalue weighted by Crippen LogP contribution is 2.33. The predicted octanol–water partition coefficient (Wildman–Crippen LogP) is 4.03. The Morgan fingerprint density at radius 2 is 1.62 bits per heavy atom. The summed E-state index contributed by atoms with van der Waals surface area (Å²) in [6.07, 6.45) is 1.68. The molecule has 2 heterocycles. The number of carbonyl (C=O) groups excluding carboxylic acids is 3. The second-order valence-electron chi connectivity index (χ2n) is 9.35. The molecule has 0 saturated carbocycles. The highest BCUT2D eigenvalue weighted by Gasteiger charge is 2.25. The van der Waals surface area contributed by atoms with Gasteiger partial charge in [0.1, 0.15) is 0 Å². The normalized spacial score (nSPS) is 16.3. The number of amides is 2. The maximum atomic E-state index is 13.2. The molecule has 2 aliphatic rings. The van der Waals surface area contributed by atoms with Crippen molar-refractivity contribution in [1.82, 2.24) is 4.90 Å². The fraction of sp³-hybridized carbons (Fsp3) is 0.207. The number of benzene rings is 3. The maximum absolute atomic E-state index is 13.2. The quantitative estimate of drug-likeness (QED) is 0.353. The van der Waals surface area contributed by atoms with Crippen LogP contribution < -0.4 is 20.9 Å². The highest BCUT2D eigenvalue weighted by molar-refractivity contribution is 6.32. The van der Waals surface area contributed by atoms with E-state index in [0.29, 0.717) is 33.6 Å². The van der Waals surface area contributed by atoms with Crippen molar-refractivity contribution < 1.29 is 14.4 Å². The number of anilines is 4. The summed E-state index contributed by atoms with van der Waals surface area (Å²) in [4.78, 5) is 41.9. The summed E-state index contributed by atoms with van der Waals surface area (Å²) < 4.78 is 0. The van der Waals surface area contributed by atoms with Crippen LogP contribution in [0.4, 0.5) is 22.7 Å². The van der Waals surface area contributed by atoms with Gasteiger partial charge in [0.05, 0.1) is 5.57 Å². The number of ketones is 1. The van der Waals surface area contributed by atoms with Gasteiger partial charge in [-0.25, -0.2) is 0 Å². The minimum atomic E-state index is -0.228. The number of rotatable bonds is 6. The fourth-order valence-corrected chi connectivity index (χ4v) is 4.57. The molecule has 188 valence electrons. The summed E-state index contributed by atoms with van der Waals surface area (Å²) in [7, 11) is 2.14. The van der Waals surface area contributed by atoms with Crippen LogP contribution in [-0.4, -0.2) is 55.7 Å². The third kappa shape index (κ3) is 5.39. The number of fused-ring (bicyclic) bond motifs is 1. The molecule has 0 radical (unpaired) electrons. The Balaban J connectivity index is 1.33. The Labute approximate surface area is 216 Å². The van der Waals surface area contributed by atoms with Gasteiger partial charge in [-0.2, -0.15) is 0 Å². The second-order valence-corrected chi connectivity index (χ2v) is 9.35. The van der Waals surface area contributed by atoms with Crippen LogP contribution in [0.15, 0.2) is 72.9 Å². The van der Waals surface area contributed by atoms with Gasteiger partial charge < -0.3 is 25.8 Å². The SMILES string of the molecule is CC(=O)Nc1cccc(C(=O)c2ccc3c(c2)/C(=C\Nc2ccc(N4CCN(C)CC4)cc2)C(=O)N3)c1. The van der Waals surface area contributed by atoms with E-state index in [0.717, 1.165) is 31.9 Å². The van der Waals surface area contributed by atoms with E-state index in [2.05, 4.69) is 44.9 Å². The van der Waals surface area contributed by atoms with Crippen molar-refractivity contribution in [1.29, 1.82) is 0 Å². The monoisotopic (exact) mass is 495 g/mol. The van der Waals surface area contributed by atoms with Gasteiger partial charge in [0, 0.05) is 78.7 Å². The Kier molecular flexibility index (Phi) is 6.74. The van der Waals surface area contributed by atoms with Crippen LogP contribution >= 0.6 is 0 Å². The number of hydrogen-bond donors (Lipinski definition) is 3. The van der Waals surface area contributed by atoms with E-state index >= 15 is 0 Å². The van der Waals surface area contributed by atoms with Crippen LogP contribution in [0.5, 0.6) is 0 Å². The molecule has 0 unspecified atom stereocenters. The molecular formula is C29H29N5O3. The molecule has 0 spiro atoms. The van der Waals surface area contributed by atoms with Crippen molar-refractivity contribution in [3.05, 3.63) is 89.6 Å². The molecule has 0 aromatic heterocycles. The number of nitrogens with zero attached hydrogens (tertiary/aromatic N) is 2.